The van der Waals surface area contributed by atoms with Crippen molar-refractivity contribution in [3.63, 3.8) is 0 Å². The summed E-state index contributed by atoms with van der Waals surface area (Å²) in [5, 5.41) is 6.50. The molecule has 0 aromatic heterocycles. The van der Waals surface area contributed by atoms with Crippen molar-refractivity contribution in [2.45, 2.75) is 0 Å². The molecule has 3 nitrogen and oxygen atoms in total. The van der Waals surface area contributed by atoms with Crippen molar-refractivity contribution in [1.29, 1.82) is 0 Å². The summed E-state index contributed by atoms with van der Waals surface area (Å²) in [6.07, 6.45) is 0. The maximum atomic E-state index is 5.80. The van der Waals surface area contributed by atoms with Gasteiger partial charge in [-0.3, -0.25) is 0 Å². The van der Waals surface area contributed by atoms with E-state index in [-0.39, 0.29) is 0 Å². The highest BCUT2D eigenvalue weighted by molar-refractivity contribution is 7.80. The average Bonchev–Trinajstić information content (AvgIpc) is 2.42. The van der Waals surface area contributed by atoms with Crippen LogP contribution in [0.2, 0.25) is 0 Å². The summed E-state index contributed by atoms with van der Waals surface area (Å²) in [4.78, 5) is 0. The summed E-state index contributed by atoms with van der Waals surface area (Å²) in [7, 11) is 1.77. The summed E-state index contributed by atoms with van der Waals surface area (Å²) < 4.78 is 5.80. The van der Waals surface area contributed by atoms with Crippen molar-refractivity contribution >= 4 is 23.0 Å². The third-order valence-electron chi connectivity index (χ3n) is 2.33. The number of benzene rings is 2. The van der Waals surface area contributed by atoms with Crippen LogP contribution >= 0.6 is 12.2 Å². The molecule has 2 N–H and O–H groups in total. The van der Waals surface area contributed by atoms with Crippen LogP contribution in [0.5, 0.6) is 11.5 Å². The monoisotopic (exact) mass is 258 g/mol. The van der Waals surface area contributed by atoms with E-state index >= 15 is 0 Å². The third-order valence-corrected chi connectivity index (χ3v) is 2.64. The molecule has 0 radical (unpaired) electrons. The van der Waals surface area contributed by atoms with Gasteiger partial charge in [-0.25, -0.2) is 0 Å². The van der Waals surface area contributed by atoms with Crippen molar-refractivity contribution in [1.82, 2.24) is 5.32 Å². The van der Waals surface area contributed by atoms with Crippen molar-refractivity contribution < 1.29 is 4.74 Å². The molecule has 0 amide bonds. The van der Waals surface area contributed by atoms with Crippen LogP contribution in [0.15, 0.2) is 54.6 Å². The maximum absolute atomic E-state index is 5.80. The smallest absolute Gasteiger partial charge is 0.170 e. The predicted octanol–water partition coefficient (Wildman–Crippen LogP) is 3.40. The molecule has 0 aliphatic carbocycles. The van der Waals surface area contributed by atoms with Crippen LogP contribution in [-0.2, 0) is 0 Å². The number of hydrogen-bond acceptors (Lipinski definition) is 2. The number of hydrogen-bond donors (Lipinski definition) is 2. The molecular formula is C14H14N2OS. The predicted molar refractivity (Wildman–Crippen MR) is 78.2 cm³/mol. The van der Waals surface area contributed by atoms with Crippen LogP contribution in [0.3, 0.4) is 0 Å². The molecule has 0 fully saturated rings. The van der Waals surface area contributed by atoms with Gasteiger partial charge in [-0.05, 0) is 36.5 Å². The zero-order valence-corrected chi connectivity index (χ0v) is 10.8. The van der Waals surface area contributed by atoms with E-state index in [2.05, 4.69) is 10.6 Å². The second-order valence-electron chi connectivity index (χ2n) is 3.62. The van der Waals surface area contributed by atoms with Gasteiger partial charge in [0.1, 0.15) is 5.75 Å². The van der Waals surface area contributed by atoms with Gasteiger partial charge < -0.3 is 15.4 Å². The minimum atomic E-state index is 0.555. The Morgan fingerprint density at radius 3 is 2.39 bits per heavy atom. The second-order valence-corrected chi connectivity index (χ2v) is 4.02. The number of nitrogens with one attached hydrogen (secondary N) is 2. The Labute approximate surface area is 112 Å². The lowest BCUT2D eigenvalue weighted by Crippen LogP contribution is -2.24. The van der Waals surface area contributed by atoms with Crippen molar-refractivity contribution in [3.05, 3.63) is 54.6 Å². The van der Waals surface area contributed by atoms with Crippen LogP contribution in [-0.4, -0.2) is 12.2 Å². The van der Waals surface area contributed by atoms with Crippen molar-refractivity contribution in [3.8, 4) is 11.5 Å². The zero-order chi connectivity index (χ0) is 12.8. The van der Waals surface area contributed by atoms with E-state index in [0.29, 0.717) is 5.11 Å². The Morgan fingerprint density at radius 2 is 1.67 bits per heavy atom. The first-order valence-electron chi connectivity index (χ1n) is 5.60. The quantitative estimate of drug-likeness (QED) is 0.827. The lowest BCUT2D eigenvalue weighted by Gasteiger charge is -2.13. The minimum Gasteiger partial charge on any atom is -0.455 e. The van der Waals surface area contributed by atoms with Crippen LogP contribution in [0, 0.1) is 0 Å². The summed E-state index contributed by atoms with van der Waals surface area (Å²) in [6.45, 7) is 0. The fourth-order valence-electron chi connectivity index (χ4n) is 1.46. The molecule has 0 spiro atoms. The van der Waals surface area contributed by atoms with Gasteiger partial charge in [-0.2, -0.15) is 0 Å². The first-order valence-corrected chi connectivity index (χ1v) is 6.01. The van der Waals surface area contributed by atoms with Gasteiger partial charge in [0.15, 0.2) is 10.9 Å². The largest absolute Gasteiger partial charge is 0.455 e. The first kappa shape index (κ1) is 12.4. The highest BCUT2D eigenvalue weighted by atomic mass is 32.1. The second kappa shape index (κ2) is 6.02. The molecule has 0 heterocycles. The van der Waals surface area contributed by atoms with E-state index in [4.69, 9.17) is 17.0 Å². The average molecular weight is 258 g/mol. The number of para-hydroxylation sites is 3. The van der Waals surface area contributed by atoms with Crippen molar-refractivity contribution in [2.24, 2.45) is 0 Å². The van der Waals surface area contributed by atoms with Crippen LogP contribution in [0.4, 0.5) is 5.69 Å². The number of thiocarbonyl (C=S) groups is 1. The SMILES string of the molecule is CNC(=S)Nc1ccccc1Oc1ccccc1. The molecule has 0 aliphatic heterocycles. The van der Waals surface area contributed by atoms with E-state index in [1.807, 2.05) is 54.6 Å². The molecular weight excluding hydrogens is 244 g/mol. The standard InChI is InChI=1S/C14H14N2OS/c1-15-14(18)16-12-9-5-6-10-13(12)17-11-7-3-2-4-8-11/h2-10H,1H3,(H2,15,16,18). The van der Waals surface area contributed by atoms with Gasteiger partial charge in [0.2, 0.25) is 0 Å². The van der Waals surface area contributed by atoms with E-state index in [0.717, 1.165) is 17.2 Å². The molecule has 92 valence electrons. The highest BCUT2D eigenvalue weighted by Gasteiger charge is 2.04. The maximum Gasteiger partial charge on any atom is 0.170 e. The number of anilines is 1. The molecule has 2 aromatic carbocycles. The Morgan fingerprint density at radius 1 is 1.00 bits per heavy atom. The lowest BCUT2D eigenvalue weighted by molar-refractivity contribution is 0.485. The van der Waals surface area contributed by atoms with E-state index in [1.54, 1.807) is 7.05 Å². The fourth-order valence-corrected chi connectivity index (χ4v) is 1.57. The third kappa shape index (κ3) is 3.21. The zero-order valence-electron chi connectivity index (χ0n) is 10.0. The summed E-state index contributed by atoms with van der Waals surface area (Å²) in [5.74, 6) is 1.53. The lowest BCUT2D eigenvalue weighted by atomic mass is 10.3. The molecule has 0 saturated heterocycles. The minimum absolute atomic E-state index is 0.555. The first-order chi connectivity index (χ1) is 8.79. The molecule has 0 unspecified atom stereocenters. The Kier molecular flexibility index (Phi) is 4.15. The molecule has 2 aromatic rings. The number of ether oxygens (including phenoxy) is 1. The van der Waals surface area contributed by atoms with Crippen molar-refractivity contribution in [2.75, 3.05) is 12.4 Å². The molecule has 2 rings (SSSR count). The van der Waals surface area contributed by atoms with E-state index < -0.39 is 0 Å². The Balaban J connectivity index is 2.20. The summed E-state index contributed by atoms with van der Waals surface area (Å²) in [5.41, 5.74) is 0.834. The van der Waals surface area contributed by atoms with Gasteiger partial charge in [0, 0.05) is 7.05 Å². The Hall–Kier alpha value is -2.07. The van der Waals surface area contributed by atoms with Gasteiger partial charge in [0.25, 0.3) is 0 Å². The molecule has 0 saturated carbocycles. The van der Waals surface area contributed by atoms with E-state index in [9.17, 15) is 0 Å². The Bertz CT molecular complexity index is 528. The molecule has 0 atom stereocenters. The number of rotatable bonds is 3. The van der Waals surface area contributed by atoms with Crippen LogP contribution < -0.4 is 15.4 Å². The normalized spacial score (nSPS) is 9.61. The summed E-state index contributed by atoms with van der Waals surface area (Å²) in [6, 6.07) is 17.3. The molecule has 4 heteroatoms. The highest BCUT2D eigenvalue weighted by Crippen LogP contribution is 2.28. The topological polar surface area (TPSA) is 33.3 Å². The fraction of sp³-hybridized carbons (Fsp3) is 0.0714. The molecule has 0 aliphatic rings. The van der Waals surface area contributed by atoms with Gasteiger partial charge in [0.05, 0.1) is 5.69 Å². The van der Waals surface area contributed by atoms with E-state index in [1.165, 1.54) is 0 Å². The van der Waals surface area contributed by atoms with Gasteiger partial charge in [-0.15, -0.1) is 0 Å². The van der Waals surface area contributed by atoms with Crippen LogP contribution in [0.1, 0.15) is 0 Å². The summed E-state index contributed by atoms with van der Waals surface area (Å²) >= 11 is 5.08. The molecule has 0 bridgehead atoms. The molecule has 18 heavy (non-hydrogen) atoms. The van der Waals surface area contributed by atoms with Gasteiger partial charge >= 0.3 is 0 Å². The van der Waals surface area contributed by atoms with Crippen LogP contribution in [0.25, 0.3) is 0 Å². The van der Waals surface area contributed by atoms with Gasteiger partial charge in [-0.1, -0.05) is 30.3 Å².